The predicted molar refractivity (Wildman–Crippen MR) is 46.6 cm³/mol. The van der Waals surface area contributed by atoms with Crippen LogP contribution in [0.25, 0.3) is 0 Å². The second-order valence-corrected chi connectivity index (χ2v) is 2.37. The molecule has 0 aliphatic carbocycles. The lowest BCUT2D eigenvalue weighted by atomic mass is 10.1. The van der Waals surface area contributed by atoms with E-state index in [0.29, 0.717) is 0 Å². The number of rotatable bonds is 3. The number of nitrogens with two attached hydrogens (primary N) is 1. The van der Waals surface area contributed by atoms with Crippen molar-refractivity contribution in [2.24, 2.45) is 5.73 Å². The molecule has 2 N–H and O–H groups in total. The fourth-order valence-corrected chi connectivity index (χ4v) is 0.788. The second kappa shape index (κ2) is 5.10. The topological polar surface area (TPSA) is 26.0 Å². The number of hydrogen-bond acceptors (Lipinski definition) is 1. The smallest absolute Gasteiger partial charge is 0.00811 e. The third-order valence-corrected chi connectivity index (χ3v) is 1.44. The highest BCUT2D eigenvalue weighted by atomic mass is 14.6. The largest absolute Gasteiger partial charge is 0.402 e. The first-order valence-corrected chi connectivity index (χ1v) is 3.84. The Morgan fingerprint density at radius 2 is 2.00 bits per heavy atom. The maximum atomic E-state index is 5.62. The highest BCUT2D eigenvalue weighted by Gasteiger charge is 1.89. The van der Waals surface area contributed by atoms with Crippen molar-refractivity contribution in [1.82, 2.24) is 0 Å². The van der Waals surface area contributed by atoms with E-state index in [4.69, 9.17) is 5.73 Å². The fourth-order valence-electron chi connectivity index (χ4n) is 0.788. The van der Waals surface area contributed by atoms with Crippen molar-refractivity contribution in [3.8, 4) is 0 Å². The predicted octanol–water partition coefficient (Wildman–Crippen LogP) is 2.60. The van der Waals surface area contributed by atoms with Crippen molar-refractivity contribution in [2.75, 3.05) is 0 Å². The maximum absolute atomic E-state index is 5.62. The standard InChI is InChI=1S/C9H17N/c1-4-6-7-9(5-2)8(3)10/h6-7H,4-5,10H2,1-3H3/b7-6-,9-8-. The van der Waals surface area contributed by atoms with E-state index in [0.717, 1.165) is 18.5 Å². The van der Waals surface area contributed by atoms with E-state index in [9.17, 15) is 0 Å². The molecule has 1 nitrogen and oxygen atoms in total. The van der Waals surface area contributed by atoms with E-state index < -0.39 is 0 Å². The van der Waals surface area contributed by atoms with Gasteiger partial charge in [0.25, 0.3) is 0 Å². The Kier molecular flexibility index (Phi) is 4.73. The Morgan fingerprint density at radius 1 is 1.40 bits per heavy atom. The van der Waals surface area contributed by atoms with Crippen LogP contribution in [0.1, 0.15) is 33.6 Å². The minimum Gasteiger partial charge on any atom is -0.402 e. The van der Waals surface area contributed by atoms with Crippen LogP contribution in [0.15, 0.2) is 23.4 Å². The molecule has 58 valence electrons. The summed E-state index contributed by atoms with van der Waals surface area (Å²) in [4.78, 5) is 0. The van der Waals surface area contributed by atoms with Crippen LogP contribution in [-0.2, 0) is 0 Å². The van der Waals surface area contributed by atoms with Crippen LogP contribution in [0.5, 0.6) is 0 Å². The summed E-state index contributed by atoms with van der Waals surface area (Å²) >= 11 is 0. The van der Waals surface area contributed by atoms with Gasteiger partial charge in [0.2, 0.25) is 0 Å². The first kappa shape index (κ1) is 9.28. The summed E-state index contributed by atoms with van der Waals surface area (Å²) in [6, 6.07) is 0. The Balaban J connectivity index is 4.10. The third kappa shape index (κ3) is 3.33. The van der Waals surface area contributed by atoms with Gasteiger partial charge in [0.15, 0.2) is 0 Å². The summed E-state index contributed by atoms with van der Waals surface area (Å²) in [6.07, 6.45) is 6.35. The summed E-state index contributed by atoms with van der Waals surface area (Å²) in [5.74, 6) is 0. The van der Waals surface area contributed by atoms with Crippen molar-refractivity contribution in [3.05, 3.63) is 23.4 Å². The molecule has 0 heterocycles. The molecule has 0 radical (unpaired) electrons. The third-order valence-electron chi connectivity index (χ3n) is 1.44. The Labute approximate surface area is 63.6 Å². The molecule has 0 saturated heterocycles. The SMILES string of the molecule is CC/C=C\C(CC)=C(\C)N. The normalized spacial score (nSPS) is 13.9. The molecule has 0 bridgehead atoms. The van der Waals surface area contributed by atoms with Crippen LogP contribution in [0.2, 0.25) is 0 Å². The molecule has 0 saturated carbocycles. The van der Waals surface area contributed by atoms with Gasteiger partial charge in [-0.15, -0.1) is 0 Å². The Morgan fingerprint density at radius 3 is 2.30 bits per heavy atom. The summed E-state index contributed by atoms with van der Waals surface area (Å²) in [5, 5.41) is 0. The van der Waals surface area contributed by atoms with E-state index >= 15 is 0 Å². The minimum absolute atomic E-state index is 0.937. The number of hydrogen-bond donors (Lipinski definition) is 1. The number of allylic oxidation sites excluding steroid dienone is 4. The van der Waals surface area contributed by atoms with Gasteiger partial charge in [0, 0.05) is 5.70 Å². The van der Waals surface area contributed by atoms with Crippen LogP contribution in [0.4, 0.5) is 0 Å². The zero-order chi connectivity index (χ0) is 7.98. The van der Waals surface area contributed by atoms with Gasteiger partial charge in [-0.2, -0.15) is 0 Å². The van der Waals surface area contributed by atoms with Gasteiger partial charge >= 0.3 is 0 Å². The van der Waals surface area contributed by atoms with E-state index in [1.165, 1.54) is 5.57 Å². The van der Waals surface area contributed by atoms with Crippen molar-refractivity contribution in [1.29, 1.82) is 0 Å². The van der Waals surface area contributed by atoms with Crippen LogP contribution in [0, 0.1) is 0 Å². The van der Waals surface area contributed by atoms with Gasteiger partial charge in [-0.05, 0) is 25.3 Å². The highest BCUT2D eigenvalue weighted by molar-refractivity contribution is 5.22. The molecule has 0 aromatic heterocycles. The Bertz CT molecular complexity index is 139. The molecule has 10 heavy (non-hydrogen) atoms. The molecular formula is C9H17N. The van der Waals surface area contributed by atoms with Gasteiger partial charge in [-0.25, -0.2) is 0 Å². The summed E-state index contributed by atoms with van der Waals surface area (Å²) in [5.41, 5.74) is 7.81. The monoisotopic (exact) mass is 139 g/mol. The lowest BCUT2D eigenvalue weighted by Gasteiger charge is -1.98. The van der Waals surface area contributed by atoms with Crippen LogP contribution < -0.4 is 5.73 Å². The molecule has 0 rings (SSSR count). The van der Waals surface area contributed by atoms with Crippen molar-refractivity contribution in [2.45, 2.75) is 33.6 Å². The Hall–Kier alpha value is -0.720. The van der Waals surface area contributed by atoms with E-state index in [1.54, 1.807) is 0 Å². The molecule has 0 aromatic carbocycles. The molecule has 0 aliphatic heterocycles. The van der Waals surface area contributed by atoms with E-state index in [-0.39, 0.29) is 0 Å². The van der Waals surface area contributed by atoms with Gasteiger partial charge < -0.3 is 5.73 Å². The minimum atomic E-state index is 0.937. The second-order valence-electron chi connectivity index (χ2n) is 2.37. The van der Waals surface area contributed by atoms with Crippen LogP contribution in [0.3, 0.4) is 0 Å². The summed E-state index contributed by atoms with van der Waals surface area (Å²) in [6.45, 7) is 6.18. The lowest BCUT2D eigenvalue weighted by molar-refractivity contribution is 1.08. The van der Waals surface area contributed by atoms with Crippen molar-refractivity contribution >= 4 is 0 Å². The van der Waals surface area contributed by atoms with Crippen LogP contribution in [-0.4, -0.2) is 0 Å². The molecule has 0 atom stereocenters. The van der Waals surface area contributed by atoms with Crippen LogP contribution >= 0.6 is 0 Å². The molecule has 0 aliphatic rings. The highest BCUT2D eigenvalue weighted by Crippen LogP contribution is 2.05. The van der Waals surface area contributed by atoms with Gasteiger partial charge in [0.05, 0.1) is 0 Å². The molecule has 0 aromatic rings. The zero-order valence-corrected chi connectivity index (χ0v) is 7.15. The molecule has 1 heteroatoms. The molecule has 0 spiro atoms. The van der Waals surface area contributed by atoms with E-state index in [1.807, 2.05) is 6.92 Å². The maximum Gasteiger partial charge on any atom is 0.00811 e. The quantitative estimate of drug-likeness (QED) is 0.597. The average Bonchev–Trinajstić information content (AvgIpc) is 1.89. The first-order chi connectivity index (χ1) is 4.72. The van der Waals surface area contributed by atoms with Crippen molar-refractivity contribution < 1.29 is 0 Å². The molecule has 0 fully saturated rings. The van der Waals surface area contributed by atoms with Gasteiger partial charge in [-0.3, -0.25) is 0 Å². The molecule has 0 unspecified atom stereocenters. The van der Waals surface area contributed by atoms with E-state index in [2.05, 4.69) is 26.0 Å². The fraction of sp³-hybridized carbons (Fsp3) is 0.556. The summed E-state index contributed by atoms with van der Waals surface area (Å²) < 4.78 is 0. The van der Waals surface area contributed by atoms with Crippen molar-refractivity contribution in [3.63, 3.8) is 0 Å². The average molecular weight is 139 g/mol. The zero-order valence-electron chi connectivity index (χ0n) is 7.15. The van der Waals surface area contributed by atoms with Gasteiger partial charge in [0.1, 0.15) is 0 Å². The molecular weight excluding hydrogens is 122 g/mol. The summed E-state index contributed by atoms with van der Waals surface area (Å²) in [7, 11) is 0. The molecule has 0 amide bonds. The lowest BCUT2D eigenvalue weighted by Crippen LogP contribution is -1.95. The van der Waals surface area contributed by atoms with Gasteiger partial charge in [-0.1, -0.05) is 26.0 Å². The first-order valence-electron chi connectivity index (χ1n) is 3.84.